The number of ether oxygens (including phenoxy) is 1. The summed E-state index contributed by atoms with van der Waals surface area (Å²) in [5.74, 6) is -1.35. The Hall–Kier alpha value is -2.28. The van der Waals surface area contributed by atoms with Crippen molar-refractivity contribution in [2.45, 2.75) is 13.8 Å². The summed E-state index contributed by atoms with van der Waals surface area (Å²) in [6, 6.07) is 5.05. The second kappa shape index (κ2) is 8.01. The molecule has 0 aliphatic carbocycles. The number of amides is 3. The highest BCUT2D eigenvalue weighted by atomic mass is 35.5. The van der Waals surface area contributed by atoms with Crippen LogP contribution in [0.2, 0.25) is 5.02 Å². The highest BCUT2D eigenvalue weighted by Crippen LogP contribution is 2.20. The van der Waals surface area contributed by atoms with Gasteiger partial charge in [0.15, 0.2) is 0 Å². The maximum Gasteiger partial charge on any atom is 0.409 e. The zero-order chi connectivity index (χ0) is 17.7. The fourth-order valence-electron chi connectivity index (χ4n) is 2.31. The van der Waals surface area contributed by atoms with E-state index in [1.54, 1.807) is 25.1 Å². The Bertz CT molecular complexity index is 642. The lowest BCUT2D eigenvalue weighted by molar-refractivity contribution is -0.144. The molecule has 1 aromatic carbocycles. The minimum absolute atomic E-state index is 0.291. The maximum atomic E-state index is 12.2. The molecule has 1 aromatic rings. The Labute approximate surface area is 145 Å². The first-order chi connectivity index (χ1) is 11.4. The third-order valence-electron chi connectivity index (χ3n) is 3.72. The van der Waals surface area contributed by atoms with Gasteiger partial charge in [0.2, 0.25) is 0 Å². The quantitative estimate of drug-likeness (QED) is 0.823. The van der Waals surface area contributed by atoms with E-state index in [0.29, 0.717) is 43.5 Å². The molecule has 1 heterocycles. The highest BCUT2D eigenvalue weighted by Gasteiger charge is 2.28. The number of carbonyl (C=O) groups is 3. The number of hydrogen-bond acceptors (Lipinski definition) is 4. The standard InChI is InChI=1S/C16H20ClN3O4/c1-3-24-16(23)20-8-6-19(7-9-20)15(22)14(21)18-12-5-4-11(2)13(17)10-12/h4-5,10H,3,6-9H2,1-2H3,(H,18,21). The molecular formula is C16H20ClN3O4. The molecular weight excluding hydrogens is 334 g/mol. The number of halogens is 1. The number of hydrogen-bond donors (Lipinski definition) is 1. The van der Waals surface area contributed by atoms with Crippen molar-refractivity contribution in [2.75, 3.05) is 38.1 Å². The van der Waals surface area contributed by atoms with Gasteiger partial charge in [0.05, 0.1) is 6.61 Å². The molecule has 0 radical (unpaired) electrons. The molecule has 1 N–H and O–H groups in total. The monoisotopic (exact) mass is 353 g/mol. The molecule has 0 bridgehead atoms. The van der Waals surface area contributed by atoms with Crippen LogP contribution in [0.3, 0.4) is 0 Å². The SMILES string of the molecule is CCOC(=O)N1CCN(C(=O)C(=O)Nc2ccc(C)c(Cl)c2)CC1. The van der Waals surface area contributed by atoms with Crippen molar-refractivity contribution in [1.82, 2.24) is 9.80 Å². The summed E-state index contributed by atoms with van der Waals surface area (Å²) in [5.41, 5.74) is 1.35. The average Bonchev–Trinajstić information content (AvgIpc) is 2.58. The van der Waals surface area contributed by atoms with Crippen LogP contribution in [0, 0.1) is 6.92 Å². The van der Waals surface area contributed by atoms with E-state index < -0.39 is 17.9 Å². The maximum absolute atomic E-state index is 12.2. The fraction of sp³-hybridized carbons (Fsp3) is 0.438. The van der Waals surface area contributed by atoms with E-state index in [4.69, 9.17) is 16.3 Å². The van der Waals surface area contributed by atoms with Crippen molar-refractivity contribution in [1.29, 1.82) is 0 Å². The molecule has 3 amide bonds. The largest absolute Gasteiger partial charge is 0.450 e. The first-order valence-electron chi connectivity index (χ1n) is 7.70. The van der Waals surface area contributed by atoms with E-state index in [-0.39, 0.29) is 0 Å². The predicted octanol–water partition coefficient (Wildman–Crippen LogP) is 1.89. The molecule has 1 saturated heterocycles. The normalized spacial score (nSPS) is 14.3. The zero-order valence-electron chi connectivity index (χ0n) is 13.7. The summed E-state index contributed by atoms with van der Waals surface area (Å²) < 4.78 is 4.92. The van der Waals surface area contributed by atoms with Gasteiger partial charge in [-0.15, -0.1) is 0 Å². The van der Waals surface area contributed by atoms with Gasteiger partial charge >= 0.3 is 17.9 Å². The van der Waals surface area contributed by atoms with E-state index in [0.717, 1.165) is 5.56 Å². The Balaban J connectivity index is 1.89. The molecule has 24 heavy (non-hydrogen) atoms. The van der Waals surface area contributed by atoms with Crippen LogP contribution in [-0.4, -0.2) is 60.5 Å². The number of rotatable bonds is 2. The summed E-state index contributed by atoms with van der Waals surface area (Å²) in [7, 11) is 0. The lowest BCUT2D eigenvalue weighted by Crippen LogP contribution is -2.53. The van der Waals surface area contributed by atoms with Gasteiger partial charge < -0.3 is 19.9 Å². The lowest BCUT2D eigenvalue weighted by Gasteiger charge is -2.33. The minimum atomic E-state index is -0.723. The van der Waals surface area contributed by atoms with Crippen molar-refractivity contribution in [3.8, 4) is 0 Å². The molecule has 0 atom stereocenters. The van der Waals surface area contributed by atoms with Crippen molar-refractivity contribution in [3.63, 3.8) is 0 Å². The minimum Gasteiger partial charge on any atom is -0.450 e. The van der Waals surface area contributed by atoms with Gasteiger partial charge in [0, 0.05) is 36.9 Å². The molecule has 0 saturated carbocycles. The lowest BCUT2D eigenvalue weighted by atomic mass is 10.2. The zero-order valence-corrected chi connectivity index (χ0v) is 14.4. The molecule has 1 fully saturated rings. The van der Waals surface area contributed by atoms with Crippen molar-refractivity contribution in [2.24, 2.45) is 0 Å². The topological polar surface area (TPSA) is 79.0 Å². The highest BCUT2D eigenvalue weighted by molar-refractivity contribution is 6.39. The van der Waals surface area contributed by atoms with E-state index in [1.807, 2.05) is 6.92 Å². The van der Waals surface area contributed by atoms with E-state index >= 15 is 0 Å². The van der Waals surface area contributed by atoms with Gasteiger partial charge in [-0.25, -0.2) is 4.79 Å². The first-order valence-corrected chi connectivity index (χ1v) is 8.08. The van der Waals surface area contributed by atoms with Gasteiger partial charge in [-0.05, 0) is 31.5 Å². The van der Waals surface area contributed by atoms with Crippen LogP contribution in [0.25, 0.3) is 0 Å². The Kier molecular flexibility index (Phi) is 6.03. The van der Waals surface area contributed by atoms with Crippen LogP contribution in [0.5, 0.6) is 0 Å². The van der Waals surface area contributed by atoms with Gasteiger partial charge in [-0.1, -0.05) is 17.7 Å². The summed E-state index contributed by atoms with van der Waals surface area (Å²) >= 11 is 6.00. The van der Waals surface area contributed by atoms with E-state index in [1.165, 1.54) is 9.80 Å². The molecule has 1 aliphatic heterocycles. The summed E-state index contributed by atoms with van der Waals surface area (Å²) in [6.45, 7) is 5.16. The van der Waals surface area contributed by atoms with Crippen LogP contribution < -0.4 is 5.32 Å². The second-order valence-electron chi connectivity index (χ2n) is 5.40. The number of anilines is 1. The van der Waals surface area contributed by atoms with Crippen LogP contribution in [0.4, 0.5) is 10.5 Å². The third-order valence-corrected chi connectivity index (χ3v) is 4.12. The average molecular weight is 354 g/mol. The second-order valence-corrected chi connectivity index (χ2v) is 5.80. The van der Waals surface area contributed by atoms with Crippen LogP contribution in [0.1, 0.15) is 12.5 Å². The molecule has 1 aliphatic rings. The molecule has 130 valence electrons. The number of aryl methyl sites for hydroxylation is 1. The van der Waals surface area contributed by atoms with Gasteiger partial charge in [-0.2, -0.15) is 0 Å². The number of nitrogens with zero attached hydrogens (tertiary/aromatic N) is 2. The Morgan fingerprint density at radius 1 is 1.17 bits per heavy atom. The molecule has 0 unspecified atom stereocenters. The summed E-state index contributed by atoms with van der Waals surface area (Å²) in [5, 5.41) is 3.06. The first kappa shape index (κ1) is 18.1. The smallest absolute Gasteiger partial charge is 0.409 e. The molecule has 0 spiro atoms. The fourth-order valence-corrected chi connectivity index (χ4v) is 2.49. The third kappa shape index (κ3) is 4.38. The van der Waals surface area contributed by atoms with Crippen molar-refractivity contribution in [3.05, 3.63) is 28.8 Å². The van der Waals surface area contributed by atoms with Gasteiger partial charge in [0.25, 0.3) is 0 Å². The number of piperazine rings is 1. The number of carbonyl (C=O) groups excluding carboxylic acids is 3. The molecule has 8 heteroatoms. The van der Waals surface area contributed by atoms with Crippen LogP contribution >= 0.6 is 11.6 Å². The van der Waals surface area contributed by atoms with E-state index in [2.05, 4.69) is 5.32 Å². The van der Waals surface area contributed by atoms with Crippen molar-refractivity contribution >= 4 is 35.2 Å². The van der Waals surface area contributed by atoms with Crippen LogP contribution in [0.15, 0.2) is 18.2 Å². The van der Waals surface area contributed by atoms with Crippen LogP contribution in [-0.2, 0) is 14.3 Å². The number of nitrogens with one attached hydrogen (secondary N) is 1. The van der Waals surface area contributed by atoms with Gasteiger partial charge in [-0.3, -0.25) is 9.59 Å². The Morgan fingerprint density at radius 3 is 2.38 bits per heavy atom. The molecule has 7 nitrogen and oxygen atoms in total. The number of benzene rings is 1. The molecule has 2 rings (SSSR count). The summed E-state index contributed by atoms with van der Waals surface area (Å²) in [4.78, 5) is 38.8. The predicted molar refractivity (Wildman–Crippen MR) is 90.0 cm³/mol. The van der Waals surface area contributed by atoms with Crippen molar-refractivity contribution < 1.29 is 19.1 Å². The molecule has 0 aromatic heterocycles. The van der Waals surface area contributed by atoms with Gasteiger partial charge in [0.1, 0.15) is 0 Å². The van der Waals surface area contributed by atoms with E-state index in [9.17, 15) is 14.4 Å². The Morgan fingerprint density at radius 2 is 1.79 bits per heavy atom. The summed E-state index contributed by atoms with van der Waals surface area (Å²) in [6.07, 6.45) is -0.400.